The van der Waals surface area contributed by atoms with Gasteiger partial charge in [0.2, 0.25) is 5.79 Å². The van der Waals surface area contributed by atoms with E-state index in [0.29, 0.717) is 17.2 Å². The van der Waals surface area contributed by atoms with E-state index in [2.05, 4.69) is 5.32 Å². The highest BCUT2D eigenvalue weighted by atomic mass is 16.7. The molecule has 1 aromatic carbocycles. The molecule has 98 valence electrons. The van der Waals surface area contributed by atoms with Crippen LogP contribution in [0.15, 0.2) is 18.2 Å². The minimum atomic E-state index is -0.662. The van der Waals surface area contributed by atoms with Crippen molar-refractivity contribution in [3.8, 4) is 11.5 Å². The number of carbonyl (C=O) groups excluding carboxylic acids is 1. The Morgan fingerprint density at radius 2 is 2.00 bits per heavy atom. The lowest BCUT2D eigenvalue weighted by Crippen LogP contribution is -2.29. The van der Waals surface area contributed by atoms with Crippen molar-refractivity contribution < 1.29 is 19.0 Å². The number of methoxy groups -OCH3 is 1. The number of benzene rings is 1. The molecule has 0 saturated heterocycles. The fraction of sp³-hybridized carbons (Fsp3) is 0.462. The van der Waals surface area contributed by atoms with Gasteiger partial charge >= 0.3 is 0 Å². The molecule has 5 nitrogen and oxygen atoms in total. The minimum absolute atomic E-state index is 0.198. The average Bonchev–Trinajstić information content (AvgIpc) is 2.61. The second kappa shape index (κ2) is 4.49. The van der Waals surface area contributed by atoms with Crippen LogP contribution < -0.4 is 14.8 Å². The summed E-state index contributed by atoms with van der Waals surface area (Å²) in [4.78, 5) is 11.7. The number of amides is 1. The molecule has 5 heteroatoms. The first kappa shape index (κ1) is 12.7. The van der Waals surface area contributed by atoms with Gasteiger partial charge < -0.3 is 19.5 Å². The first-order chi connectivity index (χ1) is 8.41. The maximum absolute atomic E-state index is 11.7. The third kappa shape index (κ3) is 2.56. The molecule has 0 aliphatic carbocycles. The summed E-state index contributed by atoms with van der Waals surface area (Å²) in [6.45, 7) is 5.35. The summed E-state index contributed by atoms with van der Waals surface area (Å²) in [5.74, 6) is 0.446. The summed E-state index contributed by atoms with van der Waals surface area (Å²) in [7, 11) is 1.49. The Labute approximate surface area is 106 Å². The number of nitrogens with one attached hydrogen (secondary N) is 1. The zero-order chi connectivity index (χ0) is 13.3. The molecule has 1 amide bonds. The van der Waals surface area contributed by atoms with E-state index in [0.717, 1.165) is 0 Å². The highest BCUT2D eigenvalue weighted by Gasteiger charge is 2.31. The number of ether oxygens (including phenoxy) is 3. The van der Waals surface area contributed by atoms with Gasteiger partial charge in [-0.1, -0.05) is 0 Å². The average molecular weight is 251 g/mol. The fourth-order valence-corrected chi connectivity index (χ4v) is 1.65. The minimum Gasteiger partial charge on any atom is -0.449 e. The molecule has 0 spiro atoms. The summed E-state index contributed by atoms with van der Waals surface area (Å²) >= 11 is 0. The lowest BCUT2D eigenvalue weighted by molar-refractivity contribution is -0.124. The second-order valence-corrected chi connectivity index (χ2v) is 4.63. The molecule has 1 heterocycles. The Morgan fingerprint density at radius 3 is 2.67 bits per heavy atom. The number of fused-ring (bicyclic) bond motifs is 1. The van der Waals surface area contributed by atoms with E-state index >= 15 is 0 Å². The van der Waals surface area contributed by atoms with Crippen molar-refractivity contribution >= 4 is 11.6 Å². The third-order valence-corrected chi connectivity index (χ3v) is 2.65. The molecule has 1 aliphatic heterocycles. The standard InChI is InChI=1S/C13H17NO4/c1-8(16-4)12(15)14-9-5-6-10-11(7-9)18-13(2,3)17-10/h5-8H,1-4H3,(H,14,15). The molecule has 0 bridgehead atoms. The maximum Gasteiger partial charge on any atom is 0.253 e. The van der Waals surface area contributed by atoms with Gasteiger partial charge in [-0.3, -0.25) is 4.79 Å². The van der Waals surface area contributed by atoms with Crippen molar-refractivity contribution in [3.63, 3.8) is 0 Å². The van der Waals surface area contributed by atoms with E-state index in [1.807, 2.05) is 13.8 Å². The van der Waals surface area contributed by atoms with E-state index in [1.54, 1.807) is 25.1 Å². The summed E-state index contributed by atoms with van der Waals surface area (Å²) in [6, 6.07) is 5.28. The zero-order valence-electron chi connectivity index (χ0n) is 10.9. The van der Waals surface area contributed by atoms with Gasteiger partial charge in [-0.2, -0.15) is 0 Å². The van der Waals surface area contributed by atoms with E-state index in [4.69, 9.17) is 14.2 Å². The number of rotatable bonds is 3. The van der Waals surface area contributed by atoms with Crippen molar-refractivity contribution in [2.75, 3.05) is 12.4 Å². The van der Waals surface area contributed by atoms with Crippen LogP contribution in [-0.2, 0) is 9.53 Å². The quantitative estimate of drug-likeness (QED) is 0.894. The lowest BCUT2D eigenvalue weighted by atomic mass is 10.2. The van der Waals surface area contributed by atoms with Crippen LogP contribution >= 0.6 is 0 Å². The SMILES string of the molecule is COC(C)C(=O)Nc1ccc2c(c1)OC(C)(C)O2. The maximum atomic E-state index is 11.7. The number of anilines is 1. The molecule has 1 aromatic rings. The Kier molecular flexibility index (Phi) is 3.17. The van der Waals surface area contributed by atoms with Crippen LogP contribution in [0, 0.1) is 0 Å². The normalized spacial score (nSPS) is 17.3. The van der Waals surface area contributed by atoms with Crippen molar-refractivity contribution in [2.45, 2.75) is 32.7 Å². The molecule has 1 unspecified atom stereocenters. The summed E-state index contributed by atoms with van der Waals surface area (Å²) < 4.78 is 16.1. The van der Waals surface area contributed by atoms with Crippen LogP contribution in [0.2, 0.25) is 0 Å². The van der Waals surface area contributed by atoms with E-state index in [9.17, 15) is 4.79 Å². The number of hydrogen-bond donors (Lipinski definition) is 1. The molecule has 0 aromatic heterocycles. The van der Waals surface area contributed by atoms with Crippen LogP contribution in [0.25, 0.3) is 0 Å². The van der Waals surface area contributed by atoms with Crippen LogP contribution in [0.3, 0.4) is 0 Å². The molecule has 0 saturated carbocycles. The molecule has 1 aliphatic rings. The van der Waals surface area contributed by atoms with Gasteiger partial charge in [-0.25, -0.2) is 0 Å². The summed E-state index contributed by atoms with van der Waals surface area (Å²) in [5, 5.41) is 2.75. The Bertz CT molecular complexity index is 470. The molecule has 2 rings (SSSR count). The molecule has 0 radical (unpaired) electrons. The summed E-state index contributed by atoms with van der Waals surface area (Å²) in [5.41, 5.74) is 0.656. The highest BCUT2D eigenvalue weighted by Crippen LogP contribution is 2.40. The molecular weight excluding hydrogens is 234 g/mol. The number of carbonyl (C=O) groups is 1. The molecule has 0 fully saturated rings. The predicted molar refractivity (Wildman–Crippen MR) is 66.9 cm³/mol. The topological polar surface area (TPSA) is 56.8 Å². The Hall–Kier alpha value is -1.75. The van der Waals surface area contributed by atoms with Crippen LogP contribution in [0.4, 0.5) is 5.69 Å². The van der Waals surface area contributed by atoms with Gasteiger partial charge in [-0.15, -0.1) is 0 Å². The van der Waals surface area contributed by atoms with Gasteiger partial charge in [-0.05, 0) is 19.1 Å². The van der Waals surface area contributed by atoms with Crippen LogP contribution in [-0.4, -0.2) is 24.9 Å². The highest BCUT2D eigenvalue weighted by molar-refractivity contribution is 5.94. The lowest BCUT2D eigenvalue weighted by Gasteiger charge is -2.16. The molecule has 18 heavy (non-hydrogen) atoms. The van der Waals surface area contributed by atoms with Crippen molar-refractivity contribution in [1.82, 2.24) is 0 Å². The van der Waals surface area contributed by atoms with E-state index in [-0.39, 0.29) is 5.91 Å². The van der Waals surface area contributed by atoms with Crippen molar-refractivity contribution in [2.24, 2.45) is 0 Å². The van der Waals surface area contributed by atoms with Gasteiger partial charge in [0.05, 0.1) is 0 Å². The molecule has 1 atom stereocenters. The first-order valence-electron chi connectivity index (χ1n) is 5.77. The van der Waals surface area contributed by atoms with E-state index < -0.39 is 11.9 Å². The predicted octanol–water partition coefficient (Wildman–Crippen LogP) is 2.17. The van der Waals surface area contributed by atoms with Gasteiger partial charge in [0.1, 0.15) is 6.10 Å². The third-order valence-electron chi connectivity index (χ3n) is 2.65. The largest absolute Gasteiger partial charge is 0.449 e. The van der Waals surface area contributed by atoms with Gasteiger partial charge in [0.25, 0.3) is 5.91 Å². The molecule has 1 N–H and O–H groups in total. The molecular formula is C13H17NO4. The monoisotopic (exact) mass is 251 g/mol. The Balaban J connectivity index is 2.12. The van der Waals surface area contributed by atoms with Crippen LogP contribution in [0.1, 0.15) is 20.8 Å². The van der Waals surface area contributed by atoms with E-state index in [1.165, 1.54) is 7.11 Å². The zero-order valence-corrected chi connectivity index (χ0v) is 10.9. The number of hydrogen-bond acceptors (Lipinski definition) is 4. The second-order valence-electron chi connectivity index (χ2n) is 4.63. The van der Waals surface area contributed by atoms with Gasteiger partial charge in [0.15, 0.2) is 11.5 Å². The first-order valence-corrected chi connectivity index (χ1v) is 5.77. The van der Waals surface area contributed by atoms with Crippen molar-refractivity contribution in [3.05, 3.63) is 18.2 Å². The Morgan fingerprint density at radius 1 is 1.33 bits per heavy atom. The van der Waals surface area contributed by atoms with Crippen LogP contribution in [0.5, 0.6) is 11.5 Å². The summed E-state index contributed by atoms with van der Waals surface area (Å²) in [6.07, 6.45) is -0.494. The fourth-order valence-electron chi connectivity index (χ4n) is 1.65. The van der Waals surface area contributed by atoms with Gasteiger partial charge in [0, 0.05) is 32.7 Å². The van der Waals surface area contributed by atoms with Crippen molar-refractivity contribution in [1.29, 1.82) is 0 Å². The smallest absolute Gasteiger partial charge is 0.253 e.